The van der Waals surface area contributed by atoms with Crippen LogP contribution in [0.5, 0.6) is 11.6 Å². The Bertz CT molecular complexity index is 1600. The summed E-state index contributed by atoms with van der Waals surface area (Å²) in [6.45, 7) is 8.09. The molecule has 1 saturated heterocycles. The second-order valence-corrected chi connectivity index (χ2v) is 13.9. The lowest BCUT2D eigenvalue weighted by molar-refractivity contribution is -0.139. The van der Waals surface area contributed by atoms with Gasteiger partial charge in [0.05, 0.1) is 35.5 Å². The van der Waals surface area contributed by atoms with Crippen molar-refractivity contribution in [2.45, 2.75) is 104 Å². The van der Waals surface area contributed by atoms with E-state index in [9.17, 15) is 14.4 Å². The zero-order valence-electron chi connectivity index (χ0n) is 27.6. The van der Waals surface area contributed by atoms with Crippen molar-refractivity contribution in [1.82, 2.24) is 30.2 Å². The number of nitrogens with one attached hydrogen (secondary N) is 1. The van der Waals surface area contributed by atoms with Gasteiger partial charge in [-0.05, 0) is 55.6 Å². The highest BCUT2D eigenvalue weighted by Crippen LogP contribution is 2.39. The molecule has 0 radical (unpaired) electrons. The van der Waals surface area contributed by atoms with E-state index in [2.05, 4.69) is 15.3 Å². The van der Waals surface area contributed by atoms with Crippen molar-refractivity contribution in [3.8, 4) is 11.6 Å². The fraction of sp³-hybridized carbons (Fsp3) is 0.571. The highest BCUT2D eigenvalue weighted by atomic mass is 16.6. The van der Waals surface area contributed by atoms with Crippen LogP contribution >= 0.6 is 0 Å². The van der Waals surface area contributed by atoms with Gasteiger partial charge in [-0.1, -0.05) is 40.5 Å². The van der Waals surface area contributed by atoms with Gasteiger partial charge in [0.1, 0.15) is 42.6 Å². The second kappa shape index (κ2) is 13.8. The first-order chi connectivity index (χ1) is 22.6. The number of alkyl carbamates (subject to hydrolysis) is 1. The zero-order valence-corrected chi connectivity index (χ0v) is 27.6. The summed E-state index contributed by atoms with van der Waals surface area (Å²) in [5.41, 5.74) is 2.17. The summed E-state index contributed by atoms with van der Waals surface area (Å²) in [7, 11) is 0. The maximum absolute atomic E-state index is 14.1. The molecule has 1 aromatic carbocycles. The summed E-state index contributed by atoms with van der Waals surface area (Å²) in [5, 5.41) is 2.84. The molecule has 1 aliphatic carbocycles. The van der Waals surface area contributed by atoms with Gasteiger partial charge in [-0.15, -0.1) is 0 Å². The van der Waals surface area contributed by atoms with E-state index in [-0.39, 0.29) is 31.1 Å². The van der Waals surface area contributed by atoms with Crippen LogP contribution in [-0.2, 0) is 27.4 Å². The number of rotatable bonds is 5. The van der Waals surface area contributed by atoms with Crippen LogP contribution in [0, 0.1) is 17.3 Å². The van der Waals surface area contributed by atoms with Gasteiger partial charge in [-0.25, -0.2) is 14.8 Å². The van der Waals surface area contributed by atoms with Crippen LogP contribution in [0.4, 0.5) is 4.79 Å². The SMILES string of the molecule is CC[C@@H]1[C@@H]2CN(C(=O)[C@H](C(C)(C)C)NC(=O)O[C@@H]3C[C@H]3CCCCCc3nc4ccc(OCc5cnccn5)cc4nc3O2)[C@@H]1C=O. The van der Waals surface area contributed by atoms with Crippen molar-refractivity contribution in [2.24, 2.45) is 17.3 Å². The van der Waals surface area contributed by atoms with Gasteiger partial charge < -0.3 is 29.2 Å². The Morgan fingerprint density at radius 3 is 2.66 bits per heavy atom. The average Bonchev–Trinajstić information content (AvgIpc) is 3.68. The lowest BCUT2D eigenvalue weighted by Crippen LogP contribution is -2.56. The quantitative estimate of drug-likeness (QED) is 0.384. The third kappa shape index (κ3) is 7.47. The number of hydrogen-bond acceptors (Lipinski definition) is 10. The Kier molecular flexibility index (Phi) is 9.56. The third-order valence-corrected chi connectivity index (χ3v) is 9.46. The Morgan fingerprint density at radius 2 is 1.91 bits per heavy atom. The van der Waals surface area contributed by atoms with Crippen molar-refractivity contribution in [3.63, 3.8) is 0 Å². The molecule has 2 fully saturated rings. The van der Waals surface area contributed by atoms with Crippen LogP contribution < -0.4 is 14.8 Å². The Labute approximate surface area is 275 Å². The molecular formula is C35H44N6O6. The van der Waals surface area contributed by atoms with E-state index in [1.165, 1.54) is 0 Å². The van der Waals surface area contributed by atoms with Crippen molar-refractivity contribution < 1.29 is 28.6 Å². The summed E-state index contributed by atoms with van der Waals surface area (Å²) in [6.07, 6.45) is 10.5. The predicted octanol–water partition coefficient (Wildman–Crippen LogP) is 4.83. The number of nitrogens with zero attached hydrogens (tertiary/aromatic N) is 5. The van der Waals surface area contributed by atoms with Crippen LogP contribution in [0.25, 0.3) is 11.0 Å². The van der Waals surface area contributed by atoms with Crippen LogP contribution in [0.1, 0.15) is 77.6 Å². The van der Waals surface area contributed by atoms with Crippen molar-refractivity contribution in [1.29, 1.82) is 0 Å². The first kappa shape index (κ1) is 32.6. The maximum Gasteiger partial charge on any atom is 0.408 e. The molecule has 6 atom stereocenters. The molecule has 1 N–H and O–H groups in total. The van der Waals surface area contributed by atoms with Gasteiger partial charge in [0, 0.05) is 24.4 Å². The van der Waals surface area contributed by atoms with Crippen molar-refractivity contribution in [2.75, 3.05) is 6.54 Å². The number of amides is 2. The number of carbonyl (C=O) groups is 3. The van der Waals surface area contributed by atoms with Crippen molar-refractivity contribution in [3.05, 3.63) is 48.2 Å². The molecule has 0 spiro atoms. The minimum atomic E-state index is -0.888. The molecule has 6 rings (SSSR count). The molecule has 2 amide bonds. The second-order valence-electron chi connectivity index (χ2n) is 13.9. The lowest BCUT2D eigenvalue weighted by Gasteiger charge is -2.34. The van der Waals surface area contributed by atoms with E-state index in [4.69, 9.17) is 24.2 Å². The number of carbonyl (C=O) groups excluding carboxylic acids is 3. The molecule has 12 nitrogen and oxygen atoms in total. The normalized spacial score (nSPS) is 26.9. The summed E-state index contributed by atoms with van der Waals surface area (Å²) >= 11 is 0. The van der Waals surface area contributed by atoms with Gasteiger partial charge in [0.25, 0.3) is 0 Å². The molecular weight excluding hydrogens is 600 g/mol. The third-order valence-electron chi connectivity index (χ3n) is 9.46. The molecule has 2 aliphatic heterocycles. The minimum Gasteiger partial charge on any atom is -0.487 e. The largest absolute Gasteiger partial charge is 0.487 e. The average molecular weight is 645 g/mol. The molecule has 250 valence electrons. The molecule has 3 aliphatic rings. The monoisotopic (exact) mass is 644 g/mol. The van der Waals surface area contributed by atoms with Crippen LogP contribution in [0.15, 0.2) is 36.8 Å². The van der Waals surface area contributed by atoms with Gasteiger partial charge in [0.15, 0.2) is 0 Å². The van der Waals surface area contributed by atoms with E-state index in [1.807, 2.05) is 45.9 Å². The van der Waals surface area contributed by atoms with E-state index < -0.39 is 29.7 Å². The molecule has 0 unspecified atom stereocenters. The smallest absolute Gasteiger partial charge is 0.408 e. The van der Waals surface area contributed by atoms with E-state index in [1.54, 1.807) is 23.5 Å². The summed E-state index contributed by atoms with van der Waals surface area (Å²) in [6, 6.07) is 3.98. The van der Waals surface area contributed by atoms with Crippen LogP contribution in [-0.4, -0.2) is 74.0 Å². The highest BCUT2D eigenvalue weighted by molar-refractivity contribution is 5.89. The minimum absolute atomic E-state index is 0.131. The molecule has 1 saturated carbocycles. The van der Waals surface area contributed by atoms with Gasteiger partial charge in [0.2, 0.25) is 11.8 Å². The number of hydrogen-bond donors (Lipinski definition) is 1. The number of ether oxygens (including phenoxy) is 3. The number of benzene rings is 1. The van der Waals surface area contributed by atoms with Crippen LogP contribution in [0.2, 0.25) is 0 Å². The number of aldehydes is 1. The summed E-state index contributed by atoms with van der Waals surface area (Å²) < 4.78 is 18.3. The first-order valence-corrected chi connectivity index (χ1v) is 16.7. The molecule has 4 heterocycles. The Morgan fingerprint density at radius 1 is 1.06 bits per heavy atom. The molecule has 2 aromatic heterocycles. The van der Waals surface area contributed by atoms with Crippen LogP contribution in [0.3, 0.4) is 0 Å². The van der Waals surface area contributed by atoms with E-state index in [0.717, 1.165) is 49.6 Å². The molecule has 2 bridgehead atoms. The fourth-order valence-electron chi connectivity index (χ4n) is 6.70. The standard InChI is InChI=1S/C35H44N6O6/c1-5-24-28(19-42)41-18-30(24)46-32-26(38-25-12-11-23(16-27(25)39-32)45-20-22-17-36-13-14-37-22)10-8-6-7-9-21-15-29(21)47-34(44)40-31(33(41)43)35(2,3)4/h11-14,16-17,19,21,24,28-31H,5-10,15,18,20H2,1-4H3,(H,40,44)/t21-,24+,28-,29-,30+,31-/m1/s1. The fourth-order valence-corrected chi connectivity index (χ4v) is 6.70. The topological polar surface area (TPSA) is 146 Å². The molecule has 12 heteroatoms. The maximum atomic E-state index is 14.1. The summed E-state index contributed by atoms with van der Waals surface area (Å²) in [5.74, 6) is 0.741. The predicted molar refractivity (Wildman–Crippen MR) is 173 cm³/mol. The summed E-state index contributed by atoms with van der Waals surface area (Å²) in [4.78, 5) is 59.5. The first-order valence-electron chi connectivity index (χ1n) is 16.7. The van der Waals surface area contributed by atoms with Gasteiger partial charge >= 0.3 is 6.09 Å². The molecule has 47 heavy (non-hydrogen) atoms. The van der Waals surface area contributed by atoms with Gasteiger partial charge in [-0.2, -0.15) is 0 Å². The van der Waals surface area contributed by atoms with E-state index in [0.29, 0.717) is 41.6 Å². The zero-order chi connectivity index (χ0) is 33.1. The molecule has 3 aromatic rings. The van der Waals surface area contributed by atoms with Crippen molar-refractivity contribution >= 4 is 29.3 Å². The lowest BCUT2D eigenvalue weighted by atomic mass is 9.85. The number of aromatic nitrogens is 4. The Hall–Kier alpha value is -4.35. The highest BCUT2D eigenvalue weighted by Gasteiger charge is 2.49. The number of aryl methyl sites for hydroxylation is 1. The number of fused-ring (bicyclic) bond motifs is 5. The Balaban J connectivity index is 1.32. The van der Waals surface area contributed by atoms with E-state index >= 15 is 0 Å². The van der Waals surface area contributed by atoms with Gasteiger partial charge in [-0.3, -0.25) is 14.8 Å².